The molecule has 0 radical (unpaired) electrons. The van der Waals surface area contributed by atoms with Crippen LogP contribution in [0.25, 0.3) is 0 Å². The summed E-state index contributed by atoms with van der Waals surface area (Å²) in [5.74, 6) is 5.21. The first kappa shape index (κ1) is 12.4. The standard InChI is InChI=1S/C15H16N2O/c18-15(7-6-13-4-2-1-3-5-13)17-12-14-8-10-16-11-9-14/h1-5,8,16H,9-12H2,(H,17,18). The lowest BCUT2D eigenvalue weighted by Crippen LogP contribution is -2.28. The summed E-state index contributed by atoms with van der Waals surface area (Å²) in [6.07, 6.45) is 3.11. The Morgan fingerprint density at radius 2 is 2.17 bits per heavy atom. The predicted molar refractivity (Wildman–Crippen MR) is 71.9 cm³/mol. The van der Waals surface area contributed by atoms with Gasteiger partial charge in [-0.3, -0.25) is 4.79 Å². The minimum atomic E-state index is -0.224. The topological polar surface area (TPSA) is 41.1 Å². The van der Waals surface area contributed by atoms with Crippen molar-refractivity contribution in [2.75, 3.05) is 19.6 Å². The van der Waals surface area contributed by atoms with Crippen LogP contribution in [0.5, 0.6) is 0 Å². The summed E-state index contributed by atoms with van der Waals surface area (Å²) in [4.78, 5) is 11.5. The molecule has 1 aromatic carbocycles. The Morgan fingerprint density at radius 3 is 2.89 bits per heavy atom. The molecular formula is C15H16N2O. The molecule has 1 heterocycles. The second-order valence-electron chi connectivity index (χ2n) is 4.12. The SMILES string of the molecule is O=C(C#Cc1ccccc1)NCC1=CCNCC1. The molecule has 0 unspecified atom stereocenters. The average molecular weight is 240 g/mol. The van der Waals surface area contributed by atoms with Gasteiger partial charge in [-0.05, 0) is 25.1 Å². The zero-order valence-corrected chi connectivity index (χ0v) is 10.2. The van der Waals surface area contributed by atoms with E-state index in [0.29, 0.717) is 6.54 Å². The Labute approximate surface area is 107 Å². The van der Waals surface area contributed by atoms with Crippen LogP contribution in [0.4, 0.5) is 0 Å². The van der Waals surface area contributed by atoms with Crippen LogP contribution in [0.1, 0.15) is 12.0 Å². The van der Waals surface area contributed by atoms with E-state index < -0.39 is 0 Å². The largest absolute Gasteiger partial charge is 0.342 e. The highest BCUT2D eigenvalue weighted by molar-refractivity contribution is 5.94. The van der Waals surface area contributed by atoms with Crippen molar-refractivity contribution < 1.29 is 4.79 Å². The van der Waals surface area contributed by atoms with Crippen LogP contribution in [-0.2, 0) is 4.79 Å². The maximum atomic E-state index is 11.5. The quantitative estimate of drug-likeness (QED) is 0.600. The molecule has 3 heteroatoms. The van der Waals surface area contributed by atoms with Crippen molar-refractivity contribution in [2.24, 2.45) is 0 Å². The molecule has 0 saturated carbocycles. The molecular weight excluding hydrogens is 224 g/mol. The predicted octanol–water partition coefficient (Wildman–Crippen LogP) is 1.07. The van der Waals surface area contributed by atoms with Crippen LogP contribution in [0, 0.1) is 11.8 Å². The molecule has 0 aromatic heterocycles. The highest BCUT2D eigenvalue weighted by atomic mass is 16.1. The van der Waals surface area contributed by atoms with E-state index in [1.165, 1.54) is 5.57 Å². The van der Waals surface area contributed by atoms with Gasteiger partial charge in [-0.15, -0.1) is 0 Å². The maximum absolute atomic E-state index is 11.5. The third kappa shape index (κ3) is 4.08. The van der Waals surface area contributed by atoms with Crippen molar-refractivity contribution in [3.05, 3.63) is 47.5 Å². The van der Waals surface area contributed by atoms with Crippen LogP contribution in [0.3, 0.4) is 0 Å². The number of carbonyl (C=O) groups is 1. The van der Waals surface area contributed by atoms with Crippen LogP contribution in [0.2, 0.25) is 0 Å². The molecule has 1 aliphatic heterocycles. The van der Waals surface area contributed by atoms with E-state index in [0.717, 1.165) is 25.1 Å². The molecule has 0 atom stereocenters. The third-order valence-corrected chi connectivity index (χ3v) is 2.73. The summed E-state index contributed by atoms with van der Waals surface area (Å²) in [6, 6.07) is 9.50. The van der Waals surface area contributed by atoms with E-state index in [4.69, 9.17) is 0 Å². The van der Waals surface area contributed by atoms with Crippen molar-refractivity contribution in [1.29, 1.82) is 0 Å². The van der Waals surface area contributed by atoms with Crippen LogP contribution in [0.15, 0.2) is 42.0 Å². The van der Waals surface area contributed by atoms with E-state index in [9.17, 15) is 4.79 Å². The second kappa shape index (κ2) is 6.63. The number of hydrogen-bond acceptors (Lipinski definition) is 2. The van der Waals surface area contributed by atoms with Gasteiger partial charge in [0.25, 0.3) is 5.91 Å². The van der Waals surface area contributed by atoms with E-state index >= 15 is 0 Å². The number of amides is 1. The zero-order valence-electron chi connectivity index (χ0n) is 10.2. The second-order valence-corrected chi connectivity index (χ2v) is 4.12. The molecule has 0 spiro atoms. The number of rotatable bonds is 2. The first-order chi connectivity index (χ1) is 8.84. The van der Waals surface area contributed by atoms with Gasteiger partial charge >= 0.3 is 0 Å². The van der Waals surface area contributed by atoms with E-state index in [1.807, 2.05) is 30.3 Å². The Hall–Kier alpha value is -2.05. The summed E-state index contributed by atoms with van der Waals surface area (Å²) in [5.41, 5.74) is 2.12. The van der Waals surface area contributed by atoms with E-state index in [-0.39, 0.29) is 5.91 Å². The Bertz CT molecular complexity index is 494. The molecule has 0 saturated heterocycles. The monoisotopic (exact) mass is 240 g/mol. The fraction of sp³-hybridized carbons (Fsp3) is 0.267. The molecule has 1 aliphatic rings. The molecule has 1 amide bonds. The maximum Gasteiger partial charge on any atom is 0.296 e. The molecule has 0 fully saturated rings. The van der Waals surface area contributed by atoms with Crippen LogP contribution in [-0.4, -0.2) is 25.5 Å². The van der Waals surface area contributed by atoms with Gasteiger partial charge in [-0.25, -0.2) is 0 Å². The van der Waals surface area contributed by atoms with Crippen molar-refractivity contribution in [2.45, 2.75) is 6.42 Å². The number of hydrogen-bond donors (Lipinski definition) is 2. The lowest BCUT2D eigenvalue weighted by molar-refractivity contribution is -0.115. The molecule has 1 aromatic rings. The smallest absolute Gasteiger partial charge is 0.296 e. The highest BCUT2D eigenvalue weighted by Gasteiger charge is 2.03. The lowest BCUT2D eigenvalue weighted by Gasteiger charge is -2.13. The molecule has 92 valence electrons. The molecule has 2 rings (SSSR count). The molecule has 0 aliphatic carbocycles. The summed E-state index contributed by atoms with van der Waals surface area (Å²) < 4.78 is 0. The summed E-state index contributed by atoms with van der Waals surface area (Å²) in [6.45, 7) is 2.47. The van der Waals surface area contributed by atoms with Gasteiger partial charge in [0.15, 0.2) is 0 Å². The van der Waals surface area contributed by atoms with Crippen LogP contribution < -0.4 is 10.6 Å². The van der Waals surface area contributed by atoms with E-state index in [2.05, 4.69) is 28.6 Å². The summed E-state index contributed by atoms with van der Waals surface area (Å²) >= 11 is 0. The van der Waals surface area contributed by atoms with Gasteiger partial charge in [-0.1, -0.05) is 35.8 Å². The van der Waals surface area contributed by atoms with Crippen LogP contribution >= 0.6 is 0 Å². The van der Waals surface area contributed by atoms with Crippen molar-refractivity contribution in [3.8, 4) is 11.8 Å². The summed E-state index contributed by atoms with van der Waals surface area (Å²) in [5, 5.41) is 6.05. The molecule has 2 N–H and O–H groups in total. The van der Waals surface area contributed by atoms with Gasteiger partial charge in [0, 0.05) is 24.6 Å². The minimum absolute atomic E-state index is 0.224. The Morgan fingerprint density at radius 1 is 1.33 bits per heavy atom. The zero-order chi connectivity index (χ0) is 12.6. The molecule has 18 heavy (non-hydrogen) atoms. The normalized spacial score (nSPS) is 14.1. The number of nitrogens with one attached hydrogen (secondary N) is 2. The first-order valence-corrected chi connectivity index (χ1v) is 6.08. The van der Waals surface area contributed by atoms with E-state index in [1.54, 1.807) is 0 Å². The lowest BCUT2D eigenvalue weighted by atomic mass is 10.1. The minimum Gasteiger partial charge on any atom is -0.342 e. The Balaban J connectivity index is 1.82. The average Bonchev–Trinajstić information content (AvgIpc) is 2.45. The van der Waals surface area contributed by atoms with Gasteiger partial charge in [-0.2, -0.15) is 0 Å². The van der Waals surface area contributed by atoms with Gasteiger partial charge in [0.2, 0.25) is 0 Å². The third-order valence-electron chi connectivity index (χ3n) is 2.73. The molecule has 0 bridgehead atoms. The van der Waals surface area contributed by atoms with Gasteiger partial charge in [0.05, 0.1) is 0 Å². The fourth-order valence-corrected chi connectivity index (χ4v) is 1.72. The van der Waals surface area contributed by atoms with Gasteiger partial charge < -0.3 is 10.6 Å². The highest BCUT2D eigenvalue weighted by Crippen LogP contribution is 2.01. The number of carbonyl (C=O) groups excluding carboxylic acids is 1. The van der Waals surface area contributed by atoms with Crippen molar-refractivity contribution in [3.63, 3.8) is 0 Å². The van der Waals surface area contributed by atoms with Gasteiger partial charge in [0.1, 0.15) is 0 Å². The number of benzene rings is 1. The molecule has 3 nitrogen and oxygen atoms in total. The summed E-state index contributed by atoms with van der Waals surface area (Å²) in [7, 11) is 0. The first-order valence-electron chi connectivity index (χ1n) is 6.08. The fourth-order valence-electron chi connectivity index (χ4n) is 1.72. The Kier molecular flexibility index (Phi) is 4.57. The van der Waals surface area contributed by atoms with Crippen molar-refractivity contribution >= 4 is 5.91 Å². The van der Waals surface area contributed by atoms with Crippen molar-refractivity contribution in [1.82, 2.24) is 10.6 Å².